The molecule has 0 aliphatic carbocycles. The van der Waals surface area contributed by atoms with E-state index in [-0.39, 0.29) is 38.8 Å². The summed E-state index contributed by atoms with van der Waals surface area (Å²) in [5.41, 5.74) is 2.41. The Morgan fingerprint density at radius 2 is 0.682 bits per heavy atom. The third kappa shape index (κ3) is 17.6. The van der Waals surface area contributed by atoms with Gasteiger partial charge in [-0.05, 0) is 85.3 Å². The summed E-state index contributed by atoms with van der Waals surface area (Å²) in [6.07, 6.45) is -1.86. The van der Waals surface area contributed by atoms with E-state index in [1.54, 1.807) is 13.8 Å². The molecular weight excluding hydrogens is 1770 g/mol. The molecule has 0 spiro atoms. The van der Waals surface area contributed by atoms with E-state index in [2.05, 4.69) is 0 Å². The number of hydrogen-bond donors (Lipinski definition) is 5. The van der Waals surface area contributed by atoms with Gasteiger partial charge in [0.15, 0.2) is 0 Å². The predicted molar refractivity (Wildman–Crippen MR) is 314 cm³/mol. The van der Waals surface area contributed by atoms with Crippen LogP contribution in [0.5, 0.6) is 0 Å². The Morgan fingerprint density at radius 1 is 0.418 bits per heavy atom. The fourth-order valence-electron chi connectivity index (χ4n) is 9.21. The van der Waals surface area contributed by atoms with Gasteiger partial charge >= 0.3 is 122 Å². The molecule has 3 fully saturated rings. The van der Waals surface area contributed by atoms with Crippen molar-refractivity contribution in [3.8, 4) is 0 Å². The standard InChI is InChI=1S/C13H20F6N2O6S2.C13H19F6NO7S2.C11H5F6NO7S2.C9H12F6N2O6S2/c1-3-20(4-2)10(22)9-6-5-7-21(8-9)28(23,24)12(16,17)11(14,15)13(18,19)29(25,26)27;1-10(2,3)27-9(21)8-4-6-20(7-5-8)28(22,23)12(16,17)11(14,15)13(18,19)29(24,25)26;12-9(13,11(16,17)27(23,24)25)10(14,15)26(21,22)18-7(19)5-3-1-2-4-6(5)8(18)20;10-7(11,9(14,15)25(21,22)23)8(12,13)24(19,20)17-3-1-5(2-4-17)6(16)18/h9H,3-8H2,1-2H3,(H,25,26,27);8H,4-7H2,1-3H3,(H,24,25,26);1-4H,(H,23,24,25);5H,1-4H2,(H2,16,18)(H,21,22,23). The van der Waals surface area contributed by atoms with Gasteiger partial charge in [-0.3, -0.25) is 42.2 Å². The van der Waals surface area contributed by atoms with Crippen molar-refractivity contribution in [1.29, 1.82) is 0 Å². The molecule has 110 heavy (non-hydrogen) atoms. The van der Waals surface area contributed by atoms with E-state index in [1.165, 1.54) is 25.7 Å². The largest absolute Gasteiger partial charge is 0.460 e. The molecule has 1 atom stereocenters. The first-order chi connectivity index (χ1) is 48.3. The van der Waals surface area contributed by atoms with E-state index in [0.717, 1.165) is 24.3 Å². The number of carbonyl (C=O) groups excluding carboxylic acids is 5. The summed E-state index contributed by atoms with van der Waals surface area (Å²) < 4.78 is 539. The highest BCUT2D eigenvalue weighted by atomic mass is 32.2. The van der Waals surface area contributed by atoms with E-state index >= 15 is 0 Å². The molecule has 0 aromatic heterocycles. The molecule has 64 heteroatoms. The number of nitrogens with two attached hydrogens (primary N) is 1. The minimum atomic E-state index is -7.26. The summed E-state index contributed by atoms with van der Waals surface area (Å²) in [6, 6.07) is 3.65. The highest BCUT2D eigenvalue weighted by Crippen LogP contribution is 2.56. The lowest BCUT2D eigenvalue weighted by Crippen LogP contribution is -2.64. The van der Waals surface area contributed by atoms with Gasteiger partial charge in [-0.1, -0.05) is 12.1 Å². The molecule has 642 valence electrons. The number of piperidine rings is 3. The zero-order chi connectivity index (χ0) is 87.6. The van der Waals surface area contributed by atoms with Gasteiger partial charge in [0.2, 0.25) is 11.8 Å². The topological polar surface area (TPSA) is 491 Å². The summed E-state index contributed by atoms with van der Waals surface area (Å²) in [5, 5.41) is -54.1. The zero-order valence-corrected chi connectivity index (χ0v) is 61.4. The lowest BCUT2D eigenvalue weighted by molar-refractivity contribution is -0.247. The normalized spacial score (nSPS) is 19.1. The van der Waals surface area contributed by atoms with Crippen molar-refractivity contribution in [2.45, 2.75) is 144 Å². The van der Waals surface area contributed by atoms with E-state index in [1.807, 2.05) is 0 Å². The molecule has 4 aliphatic rings. The predicted octanol–water partition coefficient (Wildman–Crippen LogP) is 5.23. The molecule has 0 bridgehead atoms. The molecule has 5 rings (SSSR count). The highest BCUT2D eigenvalue weighted by molar-refractivity contribution is 7.92. The fraction of sp³-hybridized carbons (Fsp3) is 0.761. The Kier molecular flexibility index (Phi) is 29.1. The molecule has 1 aromatic rings. The number of alkyl halides is 24. The number of nitrogens with zero attached hydrogens (tertiary/aromatic N) is 5. The van der Waals surface area contributed by atoms with Crippen molar-refractivity contribution in [2.24, 2.45) is 23.5 Å². The highest BCUT2D eigenvalue weighted by Gasteiger charge is 2.87. The summed E-state index contributed by atoms with van der Waals surface area (Å²) in [4.78, 5) is 60.1. The van der Waals surface area contributed by atoms with Crippen LogP contribution in [0.1, 0.15) is 93.9 Å². The Morgan fingerprint density at radius 3 is 0.936 bits per heavy atom. The van der Waals surface area contributed by atoms with Crippen LogP contribution >= 0.6 is 0 Å². The summed E-state index contributed by atoms with van der Waals surface area (Å²) in [5.74, 6) is -37.7. The lowest BCUT2D eigenvalue weighted by Gasteiger charge is -2.37. The van der Waals surface area contributed by atoms with Gasteiger partial charge in [0, 0.05) is 58.3 Å². The molecule has 3 saturated heterocycles. The van der Waals surface area contributed by atoms with Crippen molar-refractivity contribution in [2.75, 3.05) is 52.4 Å². The first kappa shape index (κ1) is 100. The number of rotatable bonds is 25. The van der Waals surface area contributed by atoms with Crippen LogP contribution in [0.25, 0.3) is 0 Å². The molecule has 32 nitrogen and oxygen atoms in total. The number of hydrogen-bond acceptors (Lipinski definition) is 22. The molecular formula is C46H56F24N6O26S8. The monoisotopic (exact) mass is 1820 g/mol. The maximum atomic E-state index is 14.1. The van der Waals surface area contributed by atoms with E-state index in [9.17, 15) is 197 Å². The molecule has 0 saturated carbocycles. The van der Waals surface area contributed by atoms with Crippen LogP contribution in [0.4, 0.5) is 105 Å². The number of sulfonamides is 4. The molecule has 6 N–H and O–H groups in total. The van der Waals surface area contributed by atoms with Crippen molar-refractivity contribution >= 4 is 110 Å². The number of imide groups is 1. The quantitative estimate of drug-likeness (QED) is 0.0362. The Balaban J connectivity index is 0.000000499. The first-order valence-corrected chi connectivity index (χ1v) is 40.3. The third-order valence-electron chi connectivity index (χ3n) is 15.4. The van der Waals surface area contributed by atoms with Crippen LogP contribution in [-0.2, 0) is 99.7 Å². The minimum Gasteiger partial charge on any atom is -0.460 e. The molecule has 1 unspecified atom stereocenters. The number of halogens is 24. The Labute approximate surface area is 605 Å². The number of esters is 1. The average molecular weight is 1820 g/mol. The number of amides is 4. The first-order valence-electron chi connectivity index (χ1n) is 28.8. The van der Waals surface area contributed by atoms with Crippen LogP contribution in [0.2, 0.25) is 0 Å². The number of carbonyl (C=O) groups is 5. The molecule has 4 amide bonds. The molecule has 1 aromatic carbocycles. The number of ether oxygens (including phenoxy) is 1. The summed E-state index contributed by atoms with van der Waals surface area (Å²) >= 11 is 0. The number of fused-ring (bicyclic) bond motifs is 1. The van der Waals surface area contributed by atoms with Crippen LogP contribution in [0.3, 0.4) is 0 Å². The van der Waals surface area contributed by atoms with Gasteiger partial charge < -0.3 is 15.4 Å². The van der Waals surface area contributed by atoms with Crippen molar-refractivity contribution in [3.63, 3.8) is 0 Å². The molecule has 4 aliphatic heterocycles. The van der Waals surface area contributed by atoms with Gasteiger partial charge in [0.05, 0.1) is 23.0 Å². The van der Waals surface area contributed by atoms with Gasteiger partial charge in [-0.15, -0.1) is 0 Å². The van der Waals surface area contributed by atoms with Gasteiger partial charge in [-0.2, -0.15) is 165 Å². The number of primary amides is 1. The maximum Gasteiger partial charge on any atom is 0.439 e. The van der Waals surface area contributed by atoms with Crippen LogP contribution in [0, 0.1) is 17.8 Å². The Bertz CT molecular complexity index is 4580. The smallest absolute Gasteiger partial charge is 0.439 e. The van der Waals surface area contributed by atoms with Crippen molar-refractivity contribution < 1.29 is 220 Å². The van der Waals surface area contributed by atoms with Crippen LogP contribution in [0.15, 0.2) is 24.3 Å². The second-order valence-electron chi connectivity index (χ2n) is 23.8. The van der Waals surface area contributed by atoms with Crippen molar-refractivity contribution in [3.05, 3.63) is 35.4 Å². The van der Waals surface area contributed by atoms with Crippen LogP contribution in [-0.4, -0.2) is 261 Å². The van der Waals surface area contributed by atoms with Gasteiger partial charge in [0.1, 0.15) is 5.60 Å². The second-order valence-corrected chi connectivity index (χ2v) is 37.4. The van der Waals surface area contributed by atoms with E-state index in [0.29, 0.717) is 0 Å². The Hall–Kier alpha value is -5.59. The SMILES string of the molecule is CC(C)(C)OC(=O)C1CCN(S(=O)(=O)C(F)(F)C(F)(F)C(F)(F)S(=O)(=O)O)CC1.CCN(CC)C(=O)C1CCCN(S(=O)(=O)C(F)(F)C(F)(F)C(F)(F)S(=O)(=O)O)C1.NC(=O)C1CCN(S(=O)(=O)C(F)(F)C(F)(F)C(F)(F)S(=O)(=O)O)CC1.O=C1c2ccccc2C(=O)N1S(=O)(=O)C(F)(F)C(F)(F)C(F)(F)S(=O)(=O)O. The van der Waals surface area contributed by atoms with Gasteiger partial charge in [0.25, 0.3) is 41.9 Å². The lowest BCUT2D eigenvalue weighted by atomic mass is 9.98. The molecule has 0 radical (unpaired) electrons. The van der Waals surface area contributed by atoms with E-state index in [4.69, 9.17) is 28.7 Å². The van der Waals surface area contributed by atoms with Crippen LogP contribution < -0.4 is 5.73 Å². The average Bonchev–Trinajstić information content (AvgIpc) is 1.50. The number of benzene rings is 1. The van der Waals surface area contributed by atoms with Gasteiger partial charge in [-0.25, -0.2) is 25.3 Å². The second kappa shape index (κ2) is 31.9. The summed E-state index contributed by atoms with van der Waals surface area (Å²) in [6.45, 7) is 2.81. The zero-order valence-electron chi connectivity index (χ0n) is 54.9. The van der Waals surface area contributed by atoms with Crippen molar-refractivity contribution in [1.82, 2.24) is 22.1 Å². The minimum absolute atomic E-state index is 0.0461. The summed E-state index contributed by atoms with van der Waals surface area (Å²) in [7, 11) is -55.2. The fourth-order valence-corrected chi connectivity index (χ4v) is 17.1. The van der Waals surface area contributed by atoms with E-state index < -0.39 is 280 Å². The maximum absolute atomic E-state index is 14.1. The molecule has 4 heterocycles. The third-order valence-corrected chi connectivity index (χ3v) is 26.5.